The maximum Gasteiger partial charge on any atom is 0.264 e. The van der Waals surface area contributed by atoms with Crippen molar-refractivity contribution < 1.29 is 22.4 Å². The van der Waals surface area contributed by atoms with Crippen molar-refractivity contribution in [1.29, 1.82) is 0 Å². The van der Waals surface area contributed by atoms with E-state index in [1.165, 1.54) is 0 Å². The van der Waals surface area contributed by atoms with Gasteiger partial charge in [0, 0.05) is 12.3 Å². The zero-order valence-corrected chi connectivity index (χ0v) is 20.3. The number of thioether (sulfide) groups is 1. The number of hydrogen-bond acceptors (Lipinski definition) is 6. The number of ether oxygens (including phenoxy) is 1. The molecule has 0 aliphatic carbocycles. The number of nitrogens with one attached hydrogen (secondary N) is 1. The number of nitrogens with zero attached hydrogens (tertiary/aromatic N) is 1. The molecule has 9 heteroatoms. The van der Waals surface area contributed by atoms with Gasteiger partial charge in [0.05, 0.1) is 29.2 Å². The van der Waals surface area contributed by atoms with Gasteiger partial charge in [-0.25, -0.2) is 8.42 Å². The number of amides is 1. The van der Waals surface area contributed by atoms with Gasteiger partial charge in [-0.2, -0.15) is 11.8 Å². The molecular weight excluding hydrogens is 460 g/mol. The summed E-state index contributed by atoms with van der Waals surface area (Å²) in [6.45, 7) is 4.36. The Morgan fingerprint density at radius 3 is 2.45 bits per heavy atom. The summed E-state index contributed by atoms with van der Waals surface area (Å²) in [6.07, 6.45) is 1.63. The Balaban J connectivity index is 1.69. The van der Waals surface area contributed by atoms with Gasteiger partial charge in [-0.1, -0.05) is 17.7 Å². The number of rotatable bonds is 12. The van der Waals surface area contributed by atoms with Crippen molar-refractivity contribution in [2.45, 2.75) is 24.5 Å². The lowest BCUT2D eigenvalue weighted by Gasteiger charge is -2.24. The zero-order valence-electron chi connectivity index (χ0n) is 18.7. The Bertz CT molecular complexity index is 1110. The van der Waals surface area contributed by atoms with Gasteiger partial charge < -0.3 is 14.5 Å². The van der Waals surface area contributed by atoms with Crippen LogP contribution in [0.25, 0.3) is 0 Å². The fourth-order valence-corrected chi connectivity index (χ4v) is 5.22. The molecule has 3 aromatic rings. The Morgan fingerprint density at radius 1 is 1.09 bits per heavy atom. The first-order chi connectivity index (χ1) is 15.9. The Morgan fingerprint density at radius 2 is 1.82 bits per heavy atom. The topological polar surface area (TPSA) is 88.8 Å². The summed E-state index contributed by atoms with van der Waals surface area (Å²) in [4.78, 5) is 12.8. The molecule has 7 nitrogen and oxygen atoms in total. The van der Waals surface area contributed by atoms with Crippen molar-refractivity contribution in [2.75, 3.05) is 29.8 Å². The smallest absolute Gasteiger partial charge is 0.264 e. The first-order valence-corrected chi connectivity index (χ1v) is 13.2. The van der Waals surface area contributed by atoms with E-state index in [1.807, 2.05) is 26.0 Å². The van der Waals surface area contributed by atoms with Gasteiger partial charge in [0.25, 0.3) is 10.0 Å². The molecule has 1 aromatic heterocycles. The van der Waals surface area contributed by atoms with E-state index >= 15 is 0 Å². The summed E-state index contributed by atoms with van der Waals surface area (Å²) in [5, 5.41) is 2.81. The second-order valence-corrected chi connectivity index (χ2v) is 10.2. The van der Waals surface area contributed by atoms with E-state index in [4.69, 9.17) is 9.15 Å². The molecule has 0 fully saturated rings. The normalized spacial score (nSPS) is 11.2. The van der Waals surface area contributed by atoms with Crippen molar-refractivity contribution in [3.8, 4) is 5.75 Å². The van der Waals surface area contributed by atoms with Gasteiger partial charge in [0.15, 0.2) is 0 Å². The van der Waals surface area contributed by atoms with Crippen LogP contribution in [0, 0.1) is 6.92 Å². The summed E-state index contributed by atoms with van der Waals surface area (Å²) in [5.41, 5.74) is 1.34. The monoisotopic (exact) mass is 488 g/mol. The highest BCUT2D eigenvalue weighted by atomic mass is 32.2. The Labute approximate surface area is 199 Å². The molecule has 3 rings (SSSR count). The maximum absolute atomic E-state index is 13.4. The molecule has 0 bridgehead atoms. The van der Waals surface area contributed by atoms with Crippen LogP contribution >= 0.6 is 11.8 Å². The van der Waals surface area contributed by atoms with Gasteiger partial charge in [-0.05, 0) is 62.4 Å². The Kier molecular flexibility index (Phi) is 8.85. The van der Waals surface area contributed by atoms with Crippen LogP contribution in [0.1, 0.15) is 18.2 Å². The summed E-state index contributed by atoms with van der Waals surface area (Å²) in [7, 11) is -3.94. The second-order valence-electron chi connectivity index (χ2n) is 7.23. The van der Waals surface area contributed by atoms with Gasteiger partial charge in [-0.3, -0.25) is 9.10 Å². The fraction of sp³-hybridized carbons (Fsp3) is 0.292. The molecule has 0 radical (unpaired) electrons. The number of anilines is 1. The minimum Gasteiger partial charge on any atom is -0.494 e. The minimum absolute atomic E-state index is 0.129. The second kappa shape index (κ2) is 11.8. The predicted octanol–water partition coefficient (Wildman–Crippen LogP) is 4.23. The van der Waals surface area contributed by atoms with E-state index in [-0.39, 0.29) is 17.3 Å². The van der Waals surface area contributed by atoms with Gasteiger partial charge >= 0.3 is 0 Å². The van der Waals surface area contributed by atoms with Crippen LogP contribution in [-0.4, -0.2) is 39.8 Å². The molecule has 0 aliphatic heterocycles. The largest absolute Gasteiger partial charge is 0.494 e. The SMILES string of the molecule is CCOc1ccc(N(CC(=O)NCCSCc2ccco2)S(=O)(=O)c2ccc(C)cc2)cc1. The summed E-state index contributed by atoms with van der Waals surface area (Å²) in [5.74, 6) is 2.52. The van der Waals surface area contributed by atoms with E-state index in [0.29, 0.717) is 36.1 Å². The van der Waals surface area contributed by atoms with E-state index in [0.717, 1.165) is 15.6 Å². The summed E-state index contributed by atoms with van der Waals surface area (Å²) in [6, 6.07) is 17.0. The van der Waals surface area contributed by atoms with E-state index < -0.39 is 10.0 Å². The van der Waals surface area contributed by atoms with Crippen molar-refractivity contribution >= 4 is 33.4 Å². The minimum atomic E-state index is -3.94. The lowest BCUT2D eigenvalue weighted by atomic mass is 10.2. The third-order valence-corrected chi connectivity index (χ3v) is 7.49. The number of carbonyl (C=O) groups excluding carboxylic acids is 1. The van der Waals surface area contributed by atoms with Gasteiger partial charge in [0.1, 0.15) is 18.1 Å². The van der Waals surface area contributed by atoms with Crippen LogP contribution in [0.4, 0.5) is 5.69 Å². The maximum atomic E-state index is 13.4. The highest BCUT2D eigenvalue weighted by Crippen LogP contribution is 2.26. The molecule has 1 heterocycles. The first kappa shape index (κ1) is 24.7. The Hall–Kier alpha value is -2.91. The number of furan rings is 1. The van der Waals surface area contributed by atoms with Crippen molar-refractivity contribution in [1.82, 2.24) is 5.32 Å². The van der Waals surface area contributed by atoms with Crippen LogP contribution in [0.2, 0.25) is 0 Å². The van der Waals surface area contributed by atoms with Gasteiger partial charge in [-0.15, -0.1) is 0 Å². The van der Waals surface area contributed by atoms with Crippen LogP contribution in [0.3, 0.4) is 0 Å². The standard InChI is InChI=1S/C24H28N2O5S2/c1-3-30-21-10-8-20(9-11-21)26(33(28,29)23-12-6-19(2)7-13-23)17-24(27)25-14-16-32-18-22-5-4-15-31-22/h4-13,15H,3,14,16-18H2,1-2H3,(H,25,27). The predicted molar refractivity (Wildman–Crippen MR) is 131 cm³/mol. The number of benzene rings is 2. The fourth-order valence-electron chi connectivity index (χ4n) is 3.04. The molecule has 1 amide bonds. The third kappa shape index (κ3) is 7.03. The molecule has 2 aromatic carbocycles. The molecule has 0 atom stereocenters. The molecular formula is C24H28N2O5S2. The van der Waals surface area contributed by atoms with Crippen LogP contribution in [0.15, 0.2) is 76.2 Å². The van der Waals surface area contributed by atoms with E-state index in [1.54, 1.807) is 66.6 Å². The quantitative estimate of drug-likeness (QED) is 0.384. The lowest BCUT2D eigenvalue weighted by Crippen LogP contribution is -2.41. The molecule has 0 spiro atoms. The number of hydrogen-bond donors (Lipinski definition) is 1. The molecule has 0 aliphatic rings. The third-order valence-electron chi connectivity index (χ3n) is 4.72. The van der Waals surface area contributed by atoms with E-state index in [9.17, 15) is 13.2 Å². The van der Waals surface area contributed by atoms with Crippen molar-refractivity contribution in [2.24, 2.45) is 0 Å². The summed E-state index contributed by atoms with van der Waals surface area (Å²) >= 11 is 1.62. The molecule has 0 saturated heterocycles. The number of sulfonamides is 1. The van der Waals surface area contributed by atoms with Crippen LogP contribution in [0.5, 0.6) is 5.75 Å². The highest BCUT2D eigenvalue weighted by molar-refractivity contribution is 7.98. The average Bonchev–Trinajstić information content (AvgIpc) is 3.32. The molecule has 1 N–H and O–H groups in total. The van der Waals surface area contributed by atoms with Crippen molar-refractivity contribution in [3.05, 3.63) is 78.3 Å². The van der Waals surface area contributed by atoms with Crippen LogP contribution in [-0.2, 0) is 20.6 Å². The first-order valence-electron chi connectivity index (χ1n) is 10.6. The van der Waals surface area contributed by atoms with E-state index in [2.05, 4.69) is 5.32 Å². The summed E-state index contributed by atoms with van der Waals surface area (Å²) < 4.78 is 38.7. The molecule has 176 valence electrons. The zero-order chi connectivity index (χ0) is 23.7. The van der Waals surface area contributed by atoms with Crippen LogP contribution < -0.4 is 14.4 Å². The number of aryl methyl sites for hydroxylation is 1. The highest BCUT2D eigenvalue weighted by Gasteiger charge is 2.27. The molecule has 0 saturated carbocycles. The van der Waals surface area contributed by atoms with Crippen molar-refractivity contribution in [3.63, 3.8) is 0 Å². The average molecular weight is 489 g/mol. The molecule has 33 heavy (non-hydrogen) atoms. The number of carbonyl (C=O) groups is 1. The molecule has 0 unspecified atom stereocenters. The lowest BCUT2D eigenvalue weighted by molar-refractivity contribution is -0.119. The van der Waals surface area contributed by atoms with Gasteiger partial charge in [0.2, 0.25) is 5.91 Å².